The standard InChI is InChI=1S/C18H18N4O2/c1-9-5-7-11(21(9)3)15-13-14(18(24)19-15)16(20-17(13)23)12-8-6-10(2)22(12)4/h5-8H,1-4H3,(H,19,24)(H,20,23). The SMILES string of the molecule is Cc1ccc(C2=C3C(=O)NC(c4ccc(C)n4C)=C3C(=O)N2)n1C. The number of nitrogens with one attached hydrogen (secondary N) is 2. The fraction of sp³-hybridized carbons (Fsp3) is 0.222. The molecule has 2 aliphatic rings. The summed E-state index contributed by atoms with van der Waals surface area (Å²) in [4.78, 5) is 25.2. The molecule has 0 fully saturated rings. The van der Waals surface area contributed by atoms with E-state index in [1.165, 1.54) is 0 Å². The number of nitrogens with zero attached hydrogens (tertiary/aromatic N) is 2. The zero-order valence-corrected chi connectivity index (χ0v) is 14.0. The molecule has 2 N–H and O–H groups in total. The quantitative estimate of drug-likeness (QED) is 0.877. The molecule has 4 heterocycles. The van der Waals surface area contributed by atoms with E-state index in [9.17, 15) is 9.59 Å². The second kappa shape index (κ2) is 4.74. The fourth-order valence-electron chi connectivity index (χ4n) is 3.29. The van der Waals surface area contributed by atoms with Gasteiger partial charge in [0.2, 0.25) is 0 Å². The minimum absolute atomic E-state index is 0.244. The molecule has 6 heteroatoms. The van der Waals surface area contributed by atoms with Gasteiger partial charge in [0, 0.05) is 25.5 Å². The van der Waals surface area contributed by atoms with Crippen molar-refractivity contribution in [2.24, 2.45) is 14.1 Å². The number of carbonyl (C=O) groups excluding carboxylic acids is 2. The van der Waals surface area contributed by atoms with Gasteiger partial charge in [0.25, 0.3) is 11.8 Å². The molecule has 2 aromatic rings. The normalized spacial score (nSPS) is 16.8. The molecule has 2 aliphatic heterocycles. The van der Waals surface area contributed by atoms with E-state index >= 15 is 0 Å². The predicted molar refractivity (Wildman–Crippen MR) is 90.4 cm³/mol. The van der Waals surface area contributed by atoms with E-state index < -0.39 is 0 Å². The van der Waals surface area contributed by atoms with Gasteiger partial charge in [-0.15, -0.1) is 0 Å². The van der Waals surface area contributed by atoms with Gasteiger partial charge < -0.3 is 19.8 Å². The first kappa shape index (κ1) is 14.6. The minimum atomic E-state index is -0.244. The smallest absolute Gasteiger partial charge is 0.258 e. The van der Waals surface area contributed by atoms with Crippen LogP contribution in [0.1, 0.15) is 22.8 Å². The van der Waals surface area contributed by atoms with Crippen LogP contribution in [0.2, 0.25) is 0 Å². The Morgan fingerprint density at radius 2 is 1.08 bits per heavy atom. The molecule has 0 saturated carbocycles. The number of fused-ring (bicyclic) bond motifs is 1. The topological polar surface area (TPSA) is 68.1 Å². The average Bonchev–Trinajstić information content (AvgIpc) is 3.24. The lowest BCUT2D eigenvalue weighted by atomic mass is 10.1. The highest BCUT2D eigenvalue weighted by molar-refractivity contribution is 6.30. The monoisotopic (exact) mass is 322 g/mol. The van der Waals surface area contributed by atoms with Crippen LogP contribution in [0.25, 0.3) is 11.4 Å². The third-order valence-electron chi connectivity index (χ3n) is 4.94. The Morgan fingerprint density at radius 3 is 1.38 bits per heavy atom. The van der Waals surface area contributed by atoms with E-state index in [0.29, 0.717) is 22.5 Å². The Kier molecular flexibility index (Phi) is 2.87. The van der Waals surface area contributed by atoms with E-state index in [1.54, 1.807) is 0 Å². The lowest BCUT2D eigenvalue weighted by molar-refractivity contribution is -0.117. The van der Waals surface area contributed by atoms with Crippen LogP contribution in [0.3, 0.4) is 0 Å². The number of carbonyl (C=O) groups is 2. The molecule has 2 amide bonds. The summed E-state index contributed by atoms with van der Waals surface area (Å²) in [5, 5.41) is 5.75. The molecule has 0 bridgehead atoms. The summed E-state index contributed by atoms with van der Waals surface area (Å²) in [5.41, 5.74) is 5.76. The highest BCUT2D eigenvalue weighted by Crippen LogP contribution is 2.37. The average molecular weight is 322 g/mol. The second-order valence-corrected chi connectivity index (χ2v) is 6.25. The summed E-state index contributed by atoms with van der Waals surface area (Å²) >= 11 is 0. The van der Waals surface area contributed by atoms with E-state index in [-0.39, 0.29) is 11.8 Å². The van der Waals surface area contributed by atoms with Gasteiger partial charge in [0.05, 0.1) is 33.9 Å². The van der Waals surface area contributed by atoms with E-state index in [2.05, 4.69) is 10.6 Å². The van der Waals surface area contributed by atoms with E-state index in [1.807, 2.05) is 61.3 Å². The molecule has 0 unspecified atom stereocenters. The molecular weight excluding hydrogens is 304 g/mol. The van der Waals surface area contributed by atoms with Crippen LogP contribution in [0.5, 0.6) is 0 Å². The first-order valence-corrected chi connectivity index (χ1v) is 7.77. The van der Waals surface area contributed by atoms with Gasteiger partial charge in [-0.25, -0.2) is 0 Å². The van der Waals surface area contributed by atoms with Crippen molar-refractivity contribution in [1.82, 2.24) is 19.8 Å². The Morgan fingerprint density at radius 1 is 0.708 bits per heavy atom. The summed E-state index contributed by atoms with van der Waals surface area (Å²) in [6.07, 6.45) is 0. The first-order chi connectivity index (χ1) is 11.4. The number of hydrogen-bond donors (Lipinski definition) is 2. The van der Waals surface area contributed by atoms with Gasteiger partial charge >= 0.3 is 0 Å². The van der Waals surface area contributed by atoms with Crippen LogP contribution < -0.4 is 10.6 Å². The molecule has 0 aromatic carbocycles. The Balaban J connectivity index is 1.95. The van der Waals surface area contributed by atoms with Gasteiger partial charge in [-0.05, 0) is 38.1 Å². The Labute approximate surface area is 139 Å². The van der Waals surface area contributed by atoms with Crippen molar-refractivity contribution >= 4 is 23.2 Å². The van der Waals surface area contributed by atoms with Crippen LogP contribution in [-0.2, 0) is 23.7 Å². The van der Waals surface area contributed by atoms with Gasteiger partial charge in [-0.3, -0.25) is 9.59 Å². The third-order valence-corrected chi connectivity index (χ3v) is 4.94. The van der Waals surface area contributed by atoms with Crippen LogP contribution in [0, 0.1) is 13.8 Å². The van der Waals surface area contributed by atoms with E-state index in [4.69, 9.17) is 0 Å². The van der Waals surface area contributed by atoms with Gasteiger partial charge in [0.15, 0.2) is 0 Å². The summed E-state index contributed by atoms with van der Waals surface area (Å²) < 4.78 is 3.92. The zero-order chi connectivity index (χ0) is 17.2. The molecule has 24 heavy (non-hydrogen) atoms. The van der Waals surface area contributed by atoms with Crippen molar-refractivity contribution in [1.29, 1.82) is 0 Å². The molecule has 2 aromatic heterocycles. The summed E-state index contributed by atoms with van der Waals surface area (Å²) in [7, 11) is 3.83. The lowest BCUT2D eigenvalue weighted by Gasteiger charge is -2.09. The number of aromatic nitrogens is 2. The van der Waals surface area contributed by atoms with E-state index in [0.717, 1.165) is 22.8 Å². The van der Waals surface area contributed by atoms with Crippen LogP contribution in [0.4, 0.5) is 0 Å². The van der Waals surface area contributed by atoms with Gasteiger partial charge in [0.1, 0.15) is 0 Å². The molecule has 0 saturated heterocycles. The molecule has 0 spiro atoms. The van der Waals surface area contributed by atoms with Crippen molar-refractivity contribution in [2.45, 2.75) is 13.8 Å². The second-order valence-electron chi connectivity index (χ2n) is 6.25. The fourth-order valence-corrected chi connectivity index (χ4v) is 3.29. The van der Waals surface area contributed by atoms with Crippen LogP contribution >= 0.6 is 0 Å². The van der Waals surface area contributed by atoms with Crippen LogP contribution in [0.15, 0.2) is 35.4 Å². The molecule has 4 rings (SSSR count). The lowest BCUT2D eigenvalue weighted by Crippen LogP contribution is -2.23. The molecular formula is C18H18N4O2. The predicted octanol–water partition coefficient (Wildman–Crippen LogP) is 1.36. The third kappa shape index (κ3) is 1.76. The van der Waals surface area contributed by atoms with Gasteiger partial charge in [-0.1, -0.05) is 0 Å². The molecule has 0 atom stereocenters. The highest BCUT2D eigenvalue weighted by Gasteiger charge is 2.42. The van der Waals surface area contributed by atoms with Crippen molar-refractivity contribution < 1.29 is 9.59 Å². The molecule has 122 valence electrons. The molecule has 0 radical (unpaired) electrons. The number of amides is 2. The summed E-state index contributed by atoms with van der Waals surface area (Å²) in [5.74, 6) is -0.489. The highest BCUT2D eigenvalue weighted by atomic mass is 16.2. The van der Waals surface area contributed by atoms with Crippen molar-refractivity contribution in [3.05, 3.63) is 58.2 Å². The number of rotatable bonds is 2. The largest absolute Gasteiger partial charge is 0.347 e. The molecule has 6 nitrogen and oxygen atoms in total. The molecule has 0 aliphatic carbocycles. The number of hydrogen-bond acceptors (Lipinski definition) is 2. The maximum Gasteiger partial charge on any atom is 0.258 e. The Hall–Kier alpha value is -3.02. The van der Waals surface area contributed by atoms with Crippen molar-refractivity contribution in [3.8, 4) is 0 Å². The van der Waals surface area contributed by atoms with Gasteiger partial charge in [-0.2, -0.15) is 0 Å². The van der Waals surface area contributed by atoms with Crippen LogP contribution in [-0.4, -0.2) is 20.9 Å². The maximum atomic E-state index is 12.6. The zero-order valence-electron chi connectivity index (χ0n) is 14.0. The minimum Gasteiger partial charge on any atom is -0.347 e. The summed E-state index contributed by atoms with van der Waals surface area (Å²) in [6, 6.07) is 7.76. The van der Waals surface area contributed by atoms with Crippen molar-refractivity contribution in [2.75, 3.05) is 0 Å². The Bertz CT molecular complexity index is 905. The summed E-state index contributed by atoms with van der Waals surface area (Å²) in [6.45, 7) is 3.96. The first-order valence-electron chi connectivity index (χ1n) is 7.77. The van der Waals surface area contributed by atoms with Crippen molar-refractivity contribution in [3.63, 3.8) is 0 Å². The number of aryl methyl sites for hydroxylation is 2. The maximum absolute atomic E-state index is 12.6.